The van der Waals surface area contributed by atoms with Crippen molar-refractivity contribution in [2.24, 2.45) is 0 Å². The number of carbonyl (C=O) groups excluding carboxylic acids is 2. The Labute approximate surface area is 138 Å². The molecule has 0 aliphatic carbocycles. The quantitative estimate of drug-likeness (QED) is 0.839. The van der Waals surface area contributed by atoms with Gasteiger partial charge >= 0.3 is 0 Å². The van der Waals surface area contributed by atoms with Crippen LogP contribution in [0.3, 0.4) is 0 Å². The molecule has 24 heavy (non-hydrogen) atoms. The number of carbonyl (C=O) groups is 2. The van der Waals surface area contributed by atoms with Crippen LogP contribution < -0.4 is 24.8 Å². The topological polar surface area (TPSA) is 85.9 Å². The van der Waals surface area contributed by atoms with Crippen LogP contribution in [0.2, 0.25) is 0 Å². The maximum Gasteiger partial charge on any atom is 0.275 e. The van der Waals surface area contributed by atoms with Crippen molar-refractivity contribution in [2.45, 2.75) is 6.10 Å². The second-order valence-corrected chi connectivity index (χ2v) is 5.04. The third kappa shape index (κ3) is 2.96. The van der Waals surface area contributed by atoms with Crippen molar-refractivity contribution in [3.63, 3.8) is 0 Å². The van der Waals surface area contributed by atoms with Crippen molar-refractivity contribution in [3.8, 4) is 17.2 Å². The van der Waals surface area contributed by atoms with E-state index in [-0.39, 0.29) is 0 Å². The molecule has 0 saturated carbocycles. The first-order chi connectivity index (χ1) is 11.6. The Kier molecular flexibility index (Phi) is 4.24. The molecule has 1 atom stereocenters. The van der Waals surface area contributed by atoms with Gasteiger partial charge in [0.2, 0.25) is 0 Å². The average Bonchev–Trinajstić information content (AvgIpc) is 2.60. The van der Waals surface area contributed by atoms with Crippen LogP contribution in [0.5, 0.6) is 17.2 Å². The number of fused-ring (bicyclic) bond motifs is 1. The lowest BCUT2D eigenvalue weighted by Gasteiger charge is -2.25. The maximum absolute atomic E-state index is 12.5. The van der Waals surface area contributed by atoms with Crippen molar-refractivity contribution in [2.75, 3.05) is 24.9 Å². The molecule has 1 heterocycles. The highest BCUT2D eigenvalue weighted by Gasteiger charge is 2.34. The lowest BCUT2D eigenvalue weighted by atomic mass is 10.2. The van der Waals surface area contributed by atoms with E-state index in [0.29, 0.717) is 28.6 Å². The fourth-order valence-corrected chi connectivity index (χ4v) is 2.33. The molecule has 0 unspecified atom stereocenters. The Morgan fingerprint density at radius 3 is 2.71 bits per heavy atom. The number of methoxy groups -OCH3 is 2. The Balaban J connectivity index is 1.82. The molecule has 2 N–H and O–H groups in total. The minimum atomic E-state index is -1.30. The molecule has 3 rings (SSSR count). The molecule has 0 aromatic heterocycles. The number of hydrogen-bond acceptors (Lipinski definition) is 5. The fourth-order valence-electron chi connectivity index (χ4n) is 2.33. The third-order valence-electron chi connectivity index (χ3n) is 3.53. The summed E-state index contributed by atoms with van der Waals surface area (Å²) >= 11 is 0. The van der Waals surface area contributed by atoms with Gasteiger partial charge in [-0.2, -0.15) is 0 Å². The van der Waals surface area contributed by atoms with Crippen molar-refractivity contribution >= 4 is 23.2 Å². The van der Waals surface area contributed by atoms with E-state index in [9.17, 15) is 9.59 Å². The second kappa shape index (κ2) is 6.49. The van der Waals surface area contributed by atoms with Crippen LogP contribution >= 0.6 is 0 Å². The van der Waals surface area contributed by atoms with E-state index < -0.39 is 17.9 Å². The van der Waals surface area contributed by atoms with E-state index in [0.717, 1.165) is 0 Å². The zero-order chi connectivity index (χ0) is 17.1. The molecule has 1 aliphatic rings. The van der Waals surface area contributed by atoms with Gasteiger partial charge in [0.25, 0.3) is 17.9 Å². The number of ether oxygens (including phenoxy) is 3. The molecule has 2 amide bonds. The van der Waals surface area contributed by atoms with Crippen LogP contribution in [0.25, 0.3) is 0 Å². The highest BCUT2D eigenvalue weighted by atomic mass is 16.5. The zero-order valence-corrected chi connectivity index (χ0v) is 13.2. The highest BCUT2D eigenvalue weighted by molar-refractivity contribution is 6.15. The number of hydrogen-bond donors (Lipinski definition) is 2. The minimum Gasteiger partial charge on any atom is -0.497 e. The Bertz CT molecular complexity index is 790. The van der Waals surface area contributed by atoms with Crippen LogP contribution in [0, 0.1) is 0 Å². The lowest BCUT2D eigenvalue weighted by molar-refractivity contribution is -0.133. The van der Waals surface area contributed by atoms with Gasteiger partial charge in [0.15, 0.2) is 0 Å². The van der Waals surface area contributed by atoms with Gasteiger partial charge in [-0.25, -0.2) is 0 Å². The largest absolute Gasteiger partial charge is 0.497 e. The zero-order valence-electron chi connectivity index (χ0n) is 13.2. The number of amides is 2. The molecular formula is C17H16N2O5. The molecule has 0 saturated heterocycles. The first-order valence-corrected chi connectivity index (χ1v) is 7.22. The average molecular weight is 328 g/mol. The molecule has 1 aliphatic heterocycles. The van der Waals surface area contributed by atoms with Gasteiger partial charge in [0.1, 0.15) is 17.2 Å². The molecule has 2 aromatic carbocycles. The molecule has 124 valence electrons. The van der Waals surface area contributed by atoms with E-state index in [2.05, 4.69) is 10.6 Å². The van der Waals surface area contributed by atoms with E-state index in [4.69, 9.17) is 14.2 Å². The molecule has 0 fully saturated rings. The summed E-state index contributed by atoms with van der Waals surface area (Å²) in [6.07, 6.45) is -1.30. The Hall–Kier alpha value is -3.22. The van der Waals surface area contributed by atoms with Gasteiger partial charge in [-0.05, 0) is 24.3 Å². The lowest BCUT2D eigenvalue weighted by Crippen LogP contribution is -2.45. The summed E-state index contributed by atoms with van der Waals surface area (Å²) in [7, 11) is 3.00. The summed E-state index contributed by atoms with van der Waals surface area (Å²) in [4.78, 5) is 24.6. The summed E-state index contributed by atoms with van der Waals surface area (Å²) in [5.74, 6) is 0.294. The van der Waals surface area contributed by atoms with Gasteiger partial charge in [-0.3, -0.25) is 9.59 Å². The Morgan fingerprint density at radius 1 is 1.17 bits per heavy atom. The minimum absolute atomic E-state index is 0.386. The molecule has 0 radical (unpaired) electrons. The van der Waals surface area contributed by atoms with Crippen molar-refractivity contribution < 1.29 is 23.8 Å². The SMILES string of the molecule is COc1ccc(OC)c(NC(=O)[C@@H]2Oc3ccccc3NC2=O)c1. The van der Waals surface area contributed by atoms with Gasteiger partial charge in [0.05, 0.1) is 25.6 Å². The van der Waals surface area contributed by atoms with E-state index in [1.165, 1.54) is 14.2 Å². The van der Waals surface area contributed by atoms with Gasteiger partial charge < -0.3 is 24.8 Å². The number of benzene rings is 2. The predicted octanol–water partition coefficient (Wildman–Crippen LogP) is 2.04. The molecular weight excluding hydrogens is 312 g/mol. The summed E-state index contributed by atoms with van der Waals surface area (Å²) in [6, 6.07) is 11.9. The van der Waals surface area contributed by atoms with Gasteiger partial charge in [-0.15, -0.1) is 0 Å². The summed E-state index contributed by atoms with van der Waals surface area (Å²) < 4.78 is 15.8. The standard InChI is InChI=1S/C17H16N2O5/c1-22-10-7-8-13(23-2)12(9-10)19-17(21)15-16(20)18-11-5-3-4-6-14(11)24-15/h3-9,15H,1-2H3,(H,18,20)(H,19,21)/t15-/m1/s1. The van der Waals surface area contributed by atoms with Crippen LogP contribution in [0.4, 0.5) is 11.4 Å². The first kappa shape index (κ1) is 15.7. The Morgan fingerprint density at radius 2 is 1.96 bits per heavy atom. The smallest absolute Gasteiger partial charge is 0.275 e. The van der Waals surface area contributed by atoms with Gasteiger partial charge in [-0.1, -0.05) is 12.1 Å². The fraction of sp³-hybridized carbons (Fsp3) is 0.176. The van der Waals surface area contributed by atoms with Crippen molar-refractivity contribution in [1.82, 2.24) is 0 Å². The monoisotopic (exact) mass is 328 g/mol. The van der Waals surface area contributed by atoms with Crippen LogP contribution in [-0.2, 0) is 9.59 Å². The predicted molar refractivity (Wildman–Crippen MR) is 87.7 cm³/mol. The second-order valence-electron chi connectivity index (χ2n) is 5.04. The van der Waals surface area contributed by atoms with Crippen LogP contribution in [0.1, 0.15) is 0 Å². The van der Waals surface area contributed by atoms with Crippen LogP contribution in [0.15, 0.2) is 42.5 Å². The van der Waals surface area contributed by atoms with E-state index in [1.807, 2.05) is 0 Å². The number of anilines is 2. The number of nitrogens with one attached hydrogen (secondary N) is 2. The van der Waals surface area contributed by atoms with Crippen molar-refractivity contribution in [3.05, 3.63) is 42.5 Å². The molecule has 7 nitrogen and oxygen atoms in total. The molecule has 2 aromatic rings. The molecule has 0 spiro atoms. The molecule has 7 heteroatoms. The summed E-state index contributed by atoms with van der Waals surface area (Å²) in [5, 5.41) is 5.28. The first-order valence-electron chi connectivity index (χ1n) is 7.22. The normalized spacial score (nSPS) is 15.6. The summed E-state index contributed by atoms with van der Waals surface area (Å²) in [5.41, 5.74) is 0.919. The van der Waals surface area contributed by atoms with Crippen LogP contribution in [-0.4, -0.2) is 32.1 Å². The van der Waals surface area contributed by atoms with E-state index in [1.54, 1.807) is 42.5 Å². The number of para-hydroxylation sites is 2. The highest BCUT2D eigenvalue weighted by Crippen LogP contribution is 2.31. The third-order valence-corrected chi connectivity index (χ3v) is 3.53. The van der Waals surface area contributed by atoms with E-state index >= 15 is 0 Å². The number of rotatable bonds is 4. The van der Waals surface area contributed by atoms with Crippen molar-refractivity contribution in [1.29, 1.82) is 0 Å². The summed E-state index contributed by atoms with van der Waals surface area (Å²) in [6.45, 7) is 0. The van der Waals surface area contributed by atoms with Gasteiger partial charge in [0, 0.05) is 6.07 Å². The molecule has 0 bridgehead atoms. The maximum atomic E-state index is 12.5.